The Bertz CT molecular complexity index is 1950. The summed E-state index contributed by atoms with van der Waals surface area (Å²) >= 11 is 0. The third-order valence-electron chi connectivity index (χ3n) is 7.62. The summed E-state index contributed by atoms with van der Waals surface area (Å²) in [5, 5.41) is 7.96. The van der Waals surface area contributed by atoms with E-state index in [-0.39, 0.29) is 0 Å². The van der Waals surface area contributed by atoms with E-state index in [4.69, 9.17) is 0 Å². The van der Waals surface area contributed by atoms with Crippen molar-refractivity contribution in [1.82, 2.24) is 14.5 Å². The van der Waals surface area contributed by atoms with Crippen molar-refractivity contribution >= 4 is 43.4 Å². The van der Waals surface area contributed by atoms with Gasteiger partial charge in [-0.2, -0.15) is 0 Å². The molecule has 0 unspecified atom stereocenters. The van der Waals surface area contributed by atoms with Gasteiger partial charge in [0.15, 0.2) is 0 Å². The van der Waals surface area contributed by atoms with Gasteiger partial charge in [-0.25, -0.2) is 0 Å². The second kappa shape index (κ2) is 7.00. The van der Waals surface area contributed by atoms with Crippen LogP contribution in [-0.4, -0.2) is 14.5 Å². The fourth-order valence-corrected chi connectivity index (χ4v) is 6.24. The fourth-order valence-electron chi connectivity index (χ4n) is 6.24. The van der Waals surface area contributed by atoms with Crippen molar-refractivity contribution < 1.29 is 0 Å². The third kappa shape index (κ3) is 2.55. The van der Waals surface area contributed by atoms with E-state index < -0.39 is 0 Å². The van der Waals surface area contributed by atoms with Gasteiger partial charge in [0.25, 0.3) is 0 Å². The van der Waals surface area contributed by atoms with Crippen LogP contribution >= 0.6 is 0 Å². The summed E-state index contributed by atoms with van der Waals surface area (Å²) in [7, 11) is 0. The minimum absolute atomic E-state index is 0.694. The largest absolute Gasteiger partial charge is 0.334 e. The zero-order valence-corrected chi connectivity index (χ0v) is 19.1. The molecule has 164 valence electrons. The molecule has 0 saturated heterocycles. The number of hydrogen-bond acceptors (Lipinski definition) is 2. The molecule has 0 bridgehead atoms. The quantitative estimate of drug-likeness (QED) is 0.274. The van der Waals surface area contributed by atoms with Crippen molar-refractivity contribution in [3.05, 3.63) is 120 Å². The maximum absolute atomic E-state index is 4.62. The minimum atomic E-state index is 0.694. The standard InChI is InChI=1S/C32H21N3/c1-2-8-22-20(7-1)13-14-25-27(22)17-28-30(25)23-9-3-4-10-24(23)31-26-11-5-6-12-29(26)35(32(28)31)19-21-18-33-15-16-34-21/h1-16,18H,17,19H2. The molecule has 0 fully saturated rings. The van der Waals surface area contributed by atoms with E-state index in [0.717, 1.165) is 12.1 Å². The highest BCUT2D eigenvalue weighted by Crippen LogP contribution is 2.50. The first-order chi connectivity index (χ1) is 17.4. The summed E-state index contributed by atoms with van der Waals surface area (Å²) in [6.45, 7) is 0.694. The molecule has 2 heterocycles. The highest BCUT2D eigenvalue weighted by Gasteiger charge is 2.28. The Morgan fingerprint density at radius 1 is 0.686 bits per heavy atom. The molecule has 0 aliphatic heterocycles. The summed E-state index contributed by atoms with van der Waals surface area (Å²) in [6, 6.07) is 31.1. The molecule has 8 rings (SSSR count). The normalized spacial score (nSPS) is 12.6. The van der Waals surface area contributed by atoms with Crippen molar-refractivity contribution in [2.75, 3.05) is 0 Å². The molecule has 0 radical (unpaired) electrons. The predicted octanol–water partition coefficient (Wildman–Crippen LogP) is 7.51. The second-order valence-electron chi connectivity index (χ2n) is 9.41. The maximum atomic E-state index is 4.62. The molecule has 1 aliphatic carbocycles. The molecular weight excluding hydrogens is 426 g/mol. The van der Waals surface area contributed by atoms with Gasteiger partial charge in [0.05, 0.1) is 24.0 Å². The van der Waals surface area contributed by atoms with E-state index in [1.54, 1.807) is 12.4 Å². The lowest BCUT2D eigenvalue weighted by atomic mass is 9.93. The first-order valence-corrected chi connectivity index (χ1v) is 12.1. The lowest BCUT2D eigenvalue weighted by Crippen LogP contribution is -2.03. The lowest BCUT2D eigenvalue weighted by Gasteiger charge is -2.13. The van der Waals surface area contributed by atoms with Gasteiger partial charge in [0.1, 0.15) is 0 Å². The van der Waals surface area contributed by atoms with Crippen molar-refractivity contribution in [3.8, 4) is 11.1 Å². The first-order valence-electron chi connectivity index (χ1n) is 12.1. The van der Waals surface area contributed by atoms with Gasteiger partial charge >= 0.3 is 0 Å². The molecule has 0 spiro atoms. The molecular formula is C32H21N3. The van der Waals surface area contributed by atoms with Crippen molar-refractivity contribution in [2.45, 2.75) is 13.0 Å². The minimum Gasteiger partial charge on any atom is -0.334 e. The van der Waals surface area contributed by atoms with Crippen LogP contribution in [0.3, 0.4) is 0 Å². The Morgan fingerprint density at radius 3 is 2.31 bits per heavy atom. The summed E-state index contributed by atoms with van der Waals surface area (Å²) < 4.78 is 2.47. The second-order valence-corrected chi connectivity index (χ2v) is 9.41. The molecule has 0 saturated carbocycles. The molecule has 5 aromatic carbocycles. The average molecular weight is 448 g/mol. The van der Waals surface area contributed by atoms with Crippen LogP contribution in [-0.2, 0) is 13.0 Å². The van der Waals surface area contributed by atoms with Crippen LogP contribution < -0.4 is 0 Å². The summed E-state index contributed by atoms with van der Waals surface area (Å²) in [4.78, 5) is 8.96. The number of aromatic nitrogens is 3. The van der Waals surface area contributed by atoms with E-state index in [9.17, 15) is 0 Å². The predicted molar refractivity (Wildman–Crippen MR) is 144 cm³/mol. The lowest BCUT2D eigenvalue weighted by molar-refractivity contribution is 0.823. The zero-order chi connectivity index (χ0) is 22.9. The molecule has 0 amide bonds. The van der Waals surface area contributed by atoms with Crippen LogP contribution in [0.15, 0.2) is 104 Å². The Labute approximate surface area is 202 Å². The van der Waals surface area contributed by atoms with Gasteiger partial charge in [-0.05, 0) is 49.9 Å². The summed E-state index contributed by atoms with van der Waals surface area (Å²) in [5.74, 6) is 0. The number of nitrogens with zero attached hydrogens (tertiary/aromatic N) is 3. The summed E-state index contributed by atoms with van der Waals surface area (Å²) in [5.41, 5.74) is 9.15. The fraction of sp³-hybridized carbons (Fsp3) is 0.0625. The van der Waals surface area contributed by atoms with Crippen LogP contribution in [0.2, 0.25) is 0 Å². The Balaban J connectivity index is 1.56. The Hall–Kier alpha value is -4.50. The Morgan fingerprint density at radius 2 is 1.46 bits per heavy atom. The summed E-state index contributed by atoms with van der Waals surface area (Å²) in [6.07, 6.45) is 6.33. The topological polar surface area (TPSA) is 30.7 Å². The molecule has 35 heavy (non-hydrogen) atoms. The van der Waals surface area contributed by atoms with E-state index in [1.165, 1.54) is 65.6 Å². The van der Waals surface area contributed by atoms with Crippen molar-refractivity contribution in [1.29, 1.82) is 0 Å². The monoisotopic (exact) mass is 447 g/mol. The Kier molecular flexibility index (Phi) is 3.78. The van der Waals surface area contributed by atoms with Gasteiger partial charge in [0.2, 0.25) is 0 Å². The molecule has 1 aliphatic rings. The van der Waals surface area contributed by atoms with Crippen LogP contribution in [0, 0.1) is 0 Å². The maximum Gasteiger partial charge on any atom is 0.0784 e. The van der Waals surface area contributed by atoms with Gasteiger partial charge in [-0.3, -0.25) is 9.97 Å². The number of para-hydroxylation sites is 1. The molecule has 2 aromatic heterocycles. The SMILES string of the molecule is c1ccc2c3c(ccc2c1)-c1c(c2c(c4ccccc14)c1ccccc1n2Cc1cnccn1)C3. The van der Waals surface area contributed by atoms with E-state index in [0.29, 0.717) is 6.54 Å². The van der Waals surface area contributed by atoms with Crippen LogP contribution in [0.25, 0.3) is 54.5 Å². The number of benzene rings is 5. The third-order valence-corrected chi connectivity index (χ3v) is 7.62. The molecule has 3 heteroatoms. The number of fused-ring (bicyclic) bond motifs is 12. The number of hydrogen-bond donors (Lipinski definition) is 0. The van der Waals surface area contributed by atoms with E-state index in [2.05, 4.69) is 99.5 Å². The van der Waals surface area contributed by atoms with Crippen LogP contribution in [0.1, 0.15) is 16.8 Å². The first kappa shape index (κ1) is 18.9. The van der Waals surface area contributed by atoms with Crippen molar-refractivity contribution in [2.24, 2.45) is 0 Å². The van der Waals surface area contributed by atoms with Gasteiger partial charge in [0, 0.05) is 35.1 Å². The molecule has 3 nitrogen and oxygen atoms in total. The van der Waals surface area contributed by atoms with Gasteiger partial charge < -0.3 is 4.57 Å². The highest BCUT2D eigenvalue weighted by atomic mass is 15.0. The van der Waals surface area contributed by atoms with Crippen LogP contribution in [0.4, 0.5) is 0 Å². The van der Waals surface area contributed by atoms with E-state index >= 15 is 0 Å². The zero-order valence-electron chi connectivity index (χ0n) is 19.1. The van der Waals surface area contributed by atoms with Gasteiger partial charge in [-0.15, -0.1) is 0 Å². The number of rotatable bonds is 2. The molecule has 7 aromatic rings. The van der Waals surface area contributed by atoms with E-state index in [1.807, 2.05) is 6.20 Å². The smallest absolute Gasteiger partial charge is 0.0784 e. The average Bonchev–Trinajstić information content (AvgIpc) is 3.47. The molecule has 0 atom stereocenters. The van der Waals surface area contributed by atoms with Crippen LogP contribution in [0.5, 0.6) is 0 Å². The highest BCUT2D eigenvalue weighted by molar-refractivity contribution is 6.26. The van der Waals surface area contributed by atoms with Gasteiger partial charge in [-0.1, -0.05) is 78.9 Å². The van der Waals surface area contributed by atoms with Crippen molar-refractivity contribution in [3.63, 3.8) is 0 Å². The molecule has 0 N–H and O–H groups in total.